The number of hydrogen-bond acceptors (Lipinski definition) is 4. The summed E-state index contributed by atoms with van der Waals surface area (Å²) in [5.74, 6) is -0.733. The number of likely N-dealkylation sites (N-methyl/N-ethyl adjacent to an activating group) is 1. The molecule has 0 bridgehead atoms. The van der Waals surface area contributed by atoms with Crippen molar-refractivity contribution in [3.05, 3.63) is 24.3 Å². The molecule has 0 aliphatic heterocycles. The van der Waals surface area contributed by atoms with E-state index in [1.165, 1.54) is 0 Å². The van der Waals surface area contributed by atoms with Crippen molar-refractivity contribution in [1.82, 2.24) is 0 Å². The third kappa shape index (κ3) is 8.20. The van der Waals surface area contributed by atoms with Crippen molar-refractivity contribution in [2.75, 3.05) is 39.4 Å². The topological polar surface area (TPSA) is 52.6 Å². The first-order valence-corrected chi connectivity index (χ1v) is 7.28. The molecule has 0 amide bonds. The zero-order valence-corrected chi connectivity index (χ0v) is 14.9. The van der Waals surface area contributed by atoms with E-state index in [9.17, 15) is 9.59 Å². The van der Waals surface area contributed by atoms with Gasteiger partial charge in [0.15, 0.2) is 0 Å². The Hall–Kier alpha value is -1.33. The maximum absolute atomic E-state index is 11.4. The van der Waals surface area contributed by atoms with E-state index in [1.54, 1.807) is 13.8 Å². The highest BCUT2D eigenvalue weighted by atomic mass is 35.5. The molecule has 0 heterocycles. The van der Waals surface area contributed by atoms with Crippen molar-refractivity contribution in [1.29, 1.82) is 0 Å². The average molecular weight is 334 g/mol. The molecular weight excluding hydrogens is 306 g/mol. The van der Waals surface area contributed by atoms with Crippen molar-refractivity contribution in [3.8, 4) is 0 Å². The van der Waals surface area contributed by atoms with Crippen LogP contribution in [0.4, 0.5) is 0 Å². The van der Waals surface area contributed by atoms with Gasteiger partial charge in [0, 0.05) is 11.1 Å². The van der Waals surface area contributed by atoms with Gasteiger partial charge >= 0.3 is 11.9 Å². The maximum atomic E-state index is 11.4. The van der Waals surface area contributed by atoms with Crippen molar-refractivity contribution in [2.24, 2.45) is 0 Å². The fraction of sp³-hybridized carbons (Fsp3) is 0.625. The largest absolute Gasteiger partial charge is 1.00 e. The van der Waals surface area contributed by atoms with E-state index >= 15 is 0 Å². The number of hydrogen-bond donors (Lipinski definition) is 0. The predicted molar refractivity (Wildman–Crippen MR) is 82.6 cm³/mol. The summed E-state index contributed by atoms with van der Waals surface area (Å²) in [4.78, 5) is 22.8. The van der Waals surface area contributed by atoms with Crippen LogP contribution in [0.15, 0.2) is 24.3 Å². The van der Waals surface area contributed by atoms with Gasteiger partial charge < -0.3 is 26.4 Å². The summed E-state index contributed by atoms with van der Waals surface area (Å²) in [6, 6.07) is 0. The van der Waals surface area contributed by atoms with Crippen LogP contribution in [0.2, 0.25) is 0 Å². The average Bonchev–Trinajstić information content (AvgIpc) is 2.45. The van der Waals surface area contributed by atoms with Crippen LogP contribution >= 0.6 is 0 Å². The van der Waals surface area contributed by atoms with Crippen LogP contribution < -0.4 is 12.4 Å². The Balaban J connectivity index is 0. The van der Waals surface area contributed by atoms with Crippen molar-refractivity contribution in [3.63, 3.8) is 0 Å². The minimum Gasteiger partial charge on any atom is -1.00 e. The zero-order valence-electron chi connectivity index (χ0n) is 14.1. The van der Waals surface area contributed by atoms with Gasteiger partial charge in [-0.15, -0.1) is 0 Å². The molecule has 0 aromatic heterocycles. The number of esters is 2. The number of quaternary nitrogens is 1. The standard InChI is InChI=1S/C16H28NO4.ClH/c1-7-17(8-2,9-11-20-15(18)13(3)4)10-12-21-16(19)14(5)6;/h3,5,7-12H2,1-2,4,6H3;1H/q+1;/p-1. The molecule has 0 saturated carbocycles. The van der Waals surface area contributed by atoms with Gasteiger partial charge in [0.1, 0.15) is 26.3 Å². The van der Waals surface area contributed by atoms with Crippen LogP contribution in [0.1, 0.15) is 27.7 Å². The molecule has 6 heteroatoms. The van der Waals surface area contributed by atoms with E-state index in [0.29, 0.717) is 37.4 Å². The Morgan fingerprint density at radius 2 is 1.18 bits per heavy atom. The van der Waals surface area contributed by atoms with Crippen molar-refractivity contribution < 1.29 is 36.0 Å². The molecule has 0 saturated heterocycles. The van der Waals surface area contributed by atoms with Crippen LogP contribution in [0, 0.1) is 0 Å². The summed E-state index contributed by atoms with van der Waals surface area (Å²) < 4.78 is 11.0. The van der Waals surface area contributed by atoms with E-state index in [1.807, 2.05) is 0 Å². The van der Waals surface area contributed by atoms with E-state index < -0.39 is 0 Å². The minimum absolute atomic E-state index is 0. The van der Waals surface area contributed by atoms with Crippen LogP contribution in [-0.2, 0) is 19.1 Å². The summed E-state index contributed by atoms with van der Waals surface area (Å²) in [5, 5.41) is 0. The summed E-state index contributed by atoms with van der Waals surface area (Å²) in [7, 11) is 0. The molecular formula is C16H28ClNO4. The number of carbonyl (C=O) groups excluding carboxylic acids is 2. The molecule has 128 valence electrons. The van der Waals surface area contributed by atoms with Gasteiger partial charge in [-0.1, -0.05) is 13.2 Å². The molecule has 0 aliphatic carbocycles. The first-order chi connectivity index (χ1) is 9.78. The summed E-state index contributed by atoms with van der Waals surface area (Å²) in [5.41, 5.74) is 0.799. The Morgan fingerprint density at radius 1 is 0.864 bits per heavy atom. The Labute approximate surface area is 140 Å². The van der Waals surface area contributed by atoms with Crippen LogP contribution in [0.3, 0.4) is 0 Å². The highest BCUT2D eigenvalue weighted by Crippen LogP contribution is 2.07. The van der Waals surface area contributed by atoms with Gasteiger partial charge in [-0.2, -0.15) is 0 Å². The second kappa shape index (κ2) is 11.3. The highest BCUT2D eigenvalue weighted by Gasteiger charge is 2.24. The molecule has 0 N–H and O–H groups in total. The molecule has 0 aromatic carbocycles. The lowest BCUT2D eigenvalue weighted by molar-refractivity contribution is -0.925. The van der Waals surface area contributed by atoms with Gasteiger partial charge in [-0.05, 0) is 27.7 Å². The molecule has 0 rings (SSSR count). The summed E-state index contributed by atoms with van der Waals surface area (Å²) >= 11 is 0. The molecule has 0 aliphatic rings. The first kappa shape index (κ1) is 22.9. The predicted octanol–water partition coefficient (Wildman–Crippen LogP) is -0.914. The molecule has 0 fully saturated rings. The lowest BCUT2D eigenvalue weighted by Gasteiger charge is -2.36. The van der Waals surface area contributed by atoms with Crippen LogP contribution in [-0.4, -0.2) is 55.8 Å². The molecule has 0 aromatic rings. The number of halogens is 1. The van der Waals surface area contributed by atoms with Gasteiger partial charge in [-0.3, -0.25) is 0 Å². The fourth-order valence-electron chi connectivity index (χ4n) is 1.88. The summed E-state index contributed by atoms with van der Waals surface area (Å²) in [6.07, 6.45) is 0. The third-order valence-corrected chi connectivity index (χ3v) is 3.64. The Bertz CT molecular complexity index is 369. The second-order valence-electron chi connectivity index (χ2n) is 5.25. The number of carbonyl (C=O) groups is 2. The zero-order chi connectivity index (χ0) is 16.5. The molecule has 0 radical (unpaired) electrons. The first-order valence-electron chi connectivity index (χ1n) is 7.28. The van der Waals surface area contributed by atoms with Crippen LogP contribution in [0.5, 0.6) is 0 Å². The molecule has 0 unspecified atom stereocenters. The fourth-order valence-corrected chi connectivity index (χ4v) is 1.88. The minimum atomic E-state index is -0.367. The number of nitrogens with zero attached hydrogens (tertiary/aromatic N) is 1. The van der Waals surface area contributed by atoms with Gasteiger partial charge in [-0.25, -0.2) is 9.59 Å². The van der Waals surface area contributed by atoms with E-state index in [0.717, 1.165) is 17.6 Å². The lowest BCUT2D eigenvalue weighted by atomic mass is 10.3. The maximum Gasteiger partial charge on any atom is 0.333 e. The second-order valence-corrected chi connectivity index (χ2v) is 5.25. The van der Waals surface area contributed by atoms with Crippen molar-refractivity contribution in [2.45, 2.75) is 27.7 Å². The highest BCUT2D eigenvalue weighted by molar-refractivity contribution is 5.87. The molecule has 22 heavy (non-hydrogen) atoms. The van der Waals surface area contributed by atoms with E-state index in [2.05, 4.69) is 27.0 Å². The quantitative estimate of drug-likeness (QED) is 0.295. The Kier molecular flexibility index (Phi) is 11.7. The van der Waals surface area contributed by atoms with Crippen molar-refractivity contribution >= 4 is 11.9 Å². The molecule has 0 spiro atoms. The smallest absolute Gasteiger partial charge is 0.333 e. The SMILES string of the molecule is C=C(C)C(=O)OCC[N+](CC)(CC)CCOC(=O)C(=C)C.[Cl-]. The van der Waals surface area contributed by atoms with Gasteiger partial charge in [0.2, 0.25) is 0 Å². The lowest BCUT2D eigenvalue weighted by Crippen LogP contribution is -3.00. The van der Waals surface area contributed by atoms with Crippen LogP contribution in [0.25, 0.3) is 0 Å². The number of ether oxygens (including phenoxy) is 2. The number of rotatable bonds is 10. The summed E-state index contributed by atoms with van der Waals surface area (Å²) in [6.45, 7) is 18.3. The van der Waals surface area contributed by atoms with E-state index in [-0.39, 0.29) is 24.3 Å². The van der Waals surface area contributed by atoms with E-state index in [4.69, 9.17) is 9.47 Å². The monoisotopic (exact) mass is 333 g/mol. The Morgan fingerprint density at radius 3 is 1.41 bits per heavy atom. The normalized spacial score (nSPS) is 10.4. The molecule has 0 atom stereocenters. The van der Waals surface area contributed by atoms with Gasteiger partial charge in [0.05, 0.1) is 13.1 Å². The molecule has 5 nitrogen and oxygen atoms in total. The third-order valence-electron chi connectivity index (χ3n) is 3.64. The van der Waals surface area contributed by atoms with Gasteiger partial charge in [0.25, 0.3) is 0 Å².